The monoisotopic (exact) mass is 235 g/mol. The average molecular weight is 235 g/mol. The highest BCUT2D eigenvalue weighted by Gasteiger charge is 2.32. The van der Waals surface area contributed by atoms with E-state index in [1.165, 1.54) is 12.8 Å². The summed E-state index contributed by atoms with van der Waals surface area (Å²) in [6.45, 7) is 0.838. The molecule has 0 aliphatic heterocycles. The maximum Gasteiger partial charge on any atom is 0.0626 e. The van der Waals surface area contributed by atoms with Gasteiger partial charge in [0.2, 0.25) is 0 Å². The van der Waals surface area contributed by atoms with Crippen molar-refractivity contribution in [2.24, 2.45) is 5.92 Å². The summed E-state index contributed by atoms with van der Waals surface area (Å²) < 4.78 is 5.24. The van der Waals surface area contributed by atoms with Gasteiger partial charge in [-0.25, -0.2) is 0 Å². The topological polar surface area (TPSA) is 41.5 Å². The summed E-state index contributed by atoms with van der Waals surface area (Å²) in [5.74, 6) is 0.715. The summed E-state index contributed by atoms with van der Waals surface area (Å²) in [6.07, 6.45) is 2.54. The van der Waals surface area contributed by atoms with Gasteiger partial charge in [0.25, 0.3) is 0 Å². The molecular formula is C14H21NO2. The molecule has 3 heteroatoms. The summed E-state index contributed by atoms with van der Waals surface area (Å²) in [4.78, 5) is 0. The van der Waals surface area contributed by atoms with Crippen molar-refractivity contribution in [2.75, 3.05) is 20.3 Å². The van der Waals surface area contributed by atoms with Crippen molar-refractivity contribution in [3.8, 4) is 0 Å². The van der Waals surface area contributed by atoms with E-state index >= 15 is 0 Å². The van der Waals surface area contributed by atoms with Gasteiger partial charge in [-0.3, -0.25) is 0 Å². The summed E-state index contributed by atoms with van der Waals surface area (Å²) in [7, 11) is 1.73. The van der Waals surface area contributed by atoms with Gasteiger partial charge >= 0.3 is 0 Å². The second-order valence-corrected chi connectivity index (χ2v) is 4.71. The maximum atomic E-state index is 9.50. The van der Waals surface area contributed by atoms with Gasteiger partial charge in [0.05, 0.1) is 19.3 Å². The van der Waals surface area contributed by atoms with Crippen LogP contribution in [0.1, 0.15) is 24.4 Å². The zero-order valence-corrected chi connectivity index (χ0v) is 10.3. The van der Waals surface area contributed by atoms with Crippen molar-refractivity contribution in [3.63, 3.8) is 0 Å². The SMILES string of the molecule is COCC(NC(CO)c1ccccc1)C1CC1. The van der Waals surface area contributed by atoms with Crippen LogP contribution in [0.15, 0.2) is 30.3 Å². The lowest BCUT2D eigenvalue weighted by atomic mass is 10.1. The van der Waals surface area contributed by atoms with Crippen molar-refractivity contribution in [2.45, 2.75) is 24.9 Å². The molecule has 1 fully saturated rings. The molecule has 1 aromatic rings. The third kappa shape index (κ3) is 3.53. The Morgan fingerprint density at radius 1 is 1.35 bits per heavy atom. The van der Waals surface area contributed by atoms with Gasteiger partial charge in [-0.15, -0.1) is 0 Å². The Labute approximate surface area is 103 Å². The largest absolute Gasteiger partial charge is 0.394 e. The molecule has 2 unspecified atom stereocenters. The van der Waals surface area contributed by atoms with Crippen LogP contribution in [0.2, 0.25) is 0 Å². The molecule has 0 heterocycles. The van der Waals surface area contributed by atoms with Crippen LogP contribution < -0.4 is 5.32 Å². The van der Waals surface area contributed by atoms with Crippen LogP contribution in [0.5, 0.6) is 0 Å². The van der Waals surface area contributed by atoms with Gasteiger partial charge in [0.15, 0.2) is 0 Å². The first kappa shape index (κ1) is 12.6. The molecule has 0 spiro atoms. The van der Waals surface area contributed by atoms with E-state index in [9.17, 15) is 5.11 Å². The van der Waals surface area contributed by atoms with Crippen LogP contribution in [0.4, 0.5) is 0 Å². The minimum absolute atomic E-state index is 0.0111. The van der Waals surface area contributed by atoms with Crippen LogP contribution in [-0.2, 0) is 4.74 Å². The summed E-state index contributed by atoms with van der Waals surface area (Å²) in [5.41, 5.74) is 1.14. The Hall–Kier alpha value is -0.900. The second-order valence-electron chi connectivity index (χ2n) is 4.71. The minimum Gasteiger partial charge on any atom is -0.394 e. The quantitative estimate of drug-likeness (QED) is 0.756. The molecule has 0 bridgehead atoms. The smallest absolute Gasteiger partial charge is 0.0626 e. The van der Waals surface area contributed by atoms with Crippen molar-refractivity contribution in [1.29, 1.82) is 0 Å². The second kappa shape index (κ2) is 6.15. The lowest BCUT2D eigenvalue weighted by molar-refractivity contribution is 0.139. The Morgan fingerprint density at radius 2 is 2.06 bits per heavy atom. The van der Waals surface area contributed by atoms with Gasteiger partial charge in [0, 0.05) is 13.2 Å². The number of benzene rings is 1. The number of methoxy groups -OCH3 is 1. The fourth-order valence-corrected chi connectivity index (χ4v) is 2.20. The highest BCUT2D eigenvalue weighted by molar-refractivity contribution is 5.19. The zero-order chi connectivity index (χ0) is 12.1. The summed E-state index contributed by atoms with van der Waals surface area (Å²) >= 11 is 0. The highest BCUT2D eigenvalue weighted by atomic mass is 16.5. The van der Waals surface area contributed by atoms with Gasteiger partial charge in [-0.2, -0.15) is 0 Å². The lowest BCUT2D eigenvalue weighted by Crippen LogP contribution is -2.39. The Bertz CT molecular complexity index is 324. The van der Waals surface area contributed by atoms with E-state index in [4.69, 9.17) is 4.74 Å². The van der Waals surface area contributed by atoms with E-state index in [0.717, 1.165) is 5.56 Å². The Balaban J connectivity index is 1.98. The standard InChI is InChI=1S/C14H21NO2/c1-17-10-14(12-7-8-12)15-13(9-16)11-5-3-2-4-6-11/h2-6,12-16H,7-10H2,1H3. The predicted molar refractivity (Wildman–Crippen MR) is 67.8 cm³/mol. The minimum atomic E-state index is 0.0111. The molecule has 1 aliphatic rings. The fraction of sp³-hybridized carbons (Fsp3) is 0.571. The highest BCUT2D eigenvalue weighted by Crippen LogP contribution is 2.33. The van der Waals surface area contributed by atoms with Crippen molar-refractivity contribution >= 4 is 0 Å². The van der Waals surface area contributed by atoms with Crippen LogP contribution in [-0.4, -0.2) is 31.5 Å². The van der Waals surface area contributed by atoms with Crippen LogP contribution in [0, 0.1) is 5.92 Å². The molecule has 1 aromatic carbocycles. The number of ether oxygens (including phenoxy) is 1. The predicted octanol–water partition coefficient (Wildman–Crippen LogP) is 1.73. The van der Waals surface area contributed by atoms with Gasteiger partial charge < -0.3 is 15.2 Å². The molecule has 0 aromatic heterocycles. The molecule has 0 saturated heterocycles. The van der Waals surface area contributed by atoms with Crippen molar-refractivity contribution in [1.82, 2.24) is 5.32 Å². The molecule has 94 valence electrons. The van der Waals surface area contributed by atoms with E-state index < -0.39 is 0 Å². The van der Waals surface area contributed by atoms with Gasteiger partial charge in [-0.1, -0.05) is 30.3 Å². The average Bonchev–Trinajstić information content (AvgIpc) is 3.20. The molecular weight excluding hydrogens is 214 g/mol. The first-order valence-electron chi connectivity index (χ1n) is 6.26. The first-order chi connectivity index (χ1) is 8.35. The zero-order valence-electron chi connectivity index (χ0n) is 10.3. The molecule has 2 rings (SSSR count). The first-order valence-corrected chi connectivity index (χ1v) is 6.26. The molecule has 3 nitrogen and oxygen atoms in total. The van der Waals surface area contributed by atoms with E-state index in [1.807, 2.05) is 30.3 Å². The number of hydrogen-bond acceptors (Lipinski definition) is 3. The molecule has 2 N–H and O–H groups in total. The lowest BCUT2D eigenvalue weighted by Gasteiger charge is -2.24. The number of aliphatic hydroxyl groups is 1. The number of nitrogens with one attached hydrogen (secondary N) is 1. The van der Waals surface area contributed by atoms with E-state index in [1.54, 1.807) is 7.11 Å². The molecule has 2 atom stereocenters. The normalized spacial score (nSPS) is 18.9. The molecule has 17 heavy (non-hydrogen) atoms. The molecule has 0 amide bonds. The molecule has 1 aliphatic carbocycles. The maximum absolute atomic E-state index is 9.50. The Morgan fingerprint density at radius 3 is 2.59 bits per heavy atom. The van der Waals surface area contributed by atoms with Crippen molar-refractivity contribution < 1.29 is 9.84 Å². The summed E-state index contributed by atoms with van der Waals surface area (Å²) in [6, 6.07) is 10.5. The van der Waals surface area contributed by atoms with E-state index in [0.29, 0.717) is 18.6 Å². The number of rotatable bonds is 7. The van der Waals surface area contributed by atoms with Crippen molar-refractivity contribution in [3.05, 3.63) is 35.9 Å². The van der Waals surface area contributed by atoms with Gasteiger partial charge in [0.1, 0.15) is 0 Å². The van der Waals surface area contributed by atoms with Crippen LogP contribution in [0.3, 0.4) is 0 Å². The van der Waals surface area contributed by atoms with Crippen LogP contribution in [0.25, 0.3) is 0 Å². The fourth-order valence-electron chi connectivity index (χ4n) is 2.20. The number of aliphatic hydroxyl groups excluding tert-OH is 1. The molecule has 1 saturated carbocycles. The van der Waals surface area contributed by atoms with Gasteiger partial charge in [-0.05, 0) is 24.3 Å². The Kier molecular flexibility index (Phi) is 4.54. The number of hydrogen-bond donors (Lipinski definition) is 2. The van der Waals surface area contributed by atoms with E-state index in [-0.39, 0.29) is 12.6 Å². The third-order valence-corrected chi connectivity index (χ3v) is 3.34. The van der Waals surface area contributed by atoms with Crippen LogP contribution >= 0.6 is 0 Å². The molecule has 0 radical (unpaired) electrons. The van der Waals surface area contributed by atoms with E-state index in [2.05, 4.69) is 5.32 Å². The summed E-state index contributed by atoms with van der Waals surface area (Å²) in [5, 5.41) is 13.0. The third-order valence-electron chi connectivity index (χ3n) is 3.34.